The van der Waals surface area contributed by atoms with Crippen LogP contribution in [0, 0.1) is 0 Å². The molecule has 0 fully saturated rings. The molecule has 1 N–H and O–H groups in total. The molecule has 0 unspecified atom stereocenters. The van der Waals surface area contributed by atoms with Gasteiger partial charge in [0.2, 0.25) is 0 Å². The maximum absolute atomic E-state index is 12.3. The Bertz CT molecular complexity index is 342. The zero-order valence-electron chi connectivity index (χ0n) is 8.34. The van der Waals surface area contributed by atoms with Crippen molar-refractivity contribution in [2.75, 3.05) is 18.1 Å². The average molecular weight is 265 g/mol. The van der Waals surface area contributed by atoms with E-state index in [0.29, 0.717) is 0 Å². The van der Waals surface area contributed by atoms with Gasteiger partial charge in [-0.1, -0.05) is 6.92 Å². The van der Waals surface area contributed by atoms with E-state index in [0.717, 1.165) is 0 Å². The number of rotatable bonds is 6. The standard InChI is InChI=1S/C7H11F4NO3S/c1-2-16(14,15)4-3-12-6(13)7(10,11)5(8)9/h5H,2-4H2,1H3,(H,12,13). The van der Waals surface area contributed by atoms with Gasteiger partial charge in [0.1, 0.15) is 0 Å². The van der Waals surface area contributed by atoms with Gasteiger partial charge in [0.05, 0.1) is 5.75 Å². The number of carbonyl (C=O) groups is 1. The highest BCUT2D eigenvalue weighted by Gasteiger charge is 2.48. The molecule has 1 amide bonds. The molecule has 0 saturated heterocycles. The van der Waals surface area contributed by atoms with Gasteiger partial charge in [-0.15, -0.1) is 0 Å². The molecule has 0 rings (SSSR count). The fourth-order valence-corrected chi connectivity index (χ4v) is 1.38. The van der Waals surface area contributed by atoms with Crippen LogP contribution >= 0.6 is 0 Å². The zero-order chi connectivity index (χ0) is 13.0. The Hall–Kier alpha value is -0.860. The van der Waals surface area contributed by atoms with Gasteiger partial charge in [0, 0.05) is 12.3 Å². The van der Waals surface area contributed by atoms with Crippen molar-refractivity contribution in [2.45, 2.75) is 19.3 Å². The van der Waals surface area contributed by atoms with Crippen LogP contribution in [0.4, 0.5) is 17.6 Å². The Morgan fingerprint density at radius 2 is 1.88 bits per heavy atom. The summed E-state index contributed by atoms with van der Waals surface area (Å²) in [4.78, 5) is 10.5. The molecular weight excluding hydrogens is 254 g/mol. The molecule has 9 heteroatoms. The van der Waals surface area contributed by atoms with Crippen molar-refractivity contribution >= 4 is 15.7 Å². The number of sulfone groups is 1. The summed E-state index contributed by atoms with van der Waals surface area (Å²) in [5.41, 5.74) is 0. The SMILES string of the molecule is CCS(=O)(=O)CCNC(=O)C(F)(F)C(F)F. The van der Waals surface area contributed by atoms with E-state index >= 15 is 0 Å². The fraction of sp³-hybridized carbons (Fsp3) is 0.857. The van der Waals surface area contributed by atoms with Gasteiger partial charge in [0.25, 0.3) is 5.91 Å². The Labute approximate surface area is 89.9 Å². The van der Waals surface area contributed by atoms with E-state index < -0.39 is 40.4 Å². The molecule has 0 aromatic heterocycles. The van der Waals surface area contributed by atoms with Crippen molar-refractivity contribution in [3.63, 3.8) is 0 Å². The van der Waals surface area contributed by atoms with Crippen LogP contribution in [0.3, 0.4) is 0 Å². The third-order valence-electron chi connectivity index (χ3n) is 1.72. The number of hydrogen-bond acceptors (Lipinski definition) is 3. The van der Waals surface area contributed by atoms with Gasteiger partial charge in [-0.05, 0) is 0 Å². The summed E-state index contributed by atoms with van der Waals surface area (Å²) in [6.07, 6.45) is -4.12. The predicted molar refractivity (Wildman–Crippen MR) is 48.3 cm³/mol. The molecule has 0 spiro atoms. The third kappa shape index (κ3) is 4.33. The molecule has 16 heavy (non-hydrogen) atoms. The van der Waals surface area contributed by atoms with E-state index in [2.05, 4.69) is 0 Å². The van der Waals surface area contributed by atoms with Crippen LogP contribution in [-0.4, -0.2) is 44.7 Å². The third-order valence-corrected chi connectivity index (χ3v) is 3.42. The first-order valence-corrected chi connectivity index (χ1v) is 6.10. The van der Waals surface area contributed by atoms with Gasteiger partial charge < -0.3 is 5.32 Å². The maximum Gasteiger partial charge on any atom is 0.383 e. The van der Waals surface area contributed by atoms with E-state index in [1.54, 1.807) is 0 Å². The lowest BCUT2D eigenvalue weighted by molar-refractivity contribution is -0.169. The van der Waals surface area contributed by atoms with E-state index in [-0.39, 0.29) is 5.75 Å². The van der Waals surface area contributed by atoms with E-state index in [9.17, 15) is 30.8 Å². The van der Waals surface area contributed by atoms with E-state index in [4.69, 9.17) is 0 Å². The number of halogens is 4. The van der Waals surface area contributed by atoms with Gasteiger partial charge in [-0.2, -0.15) is 8.78 Å². The molecule has 0 heterocycles. The predicted octanol–water partition coefficient (Wildman–Crippen LogP) is 0.438. The van der Waals surface area contributed by atoms with Crippen LogP contribution in [0.15, 0.2) is 0 Å². The summed E-state index contributed by atoms with van der Waals surface area (Å²) in [5.74, 6) is -7.74. The Morgan fingerprint density at radius 3 is 2.25 bits per heavy atom. The Balaban J connectivity index is 4.20. The van der Waals surface area contributed by atoms with Gasteiger partial charge in [-0.25, -0.2) is 17.2 Å². The zero-order valence-corrected chi connectivity index (χ0v) is 9.16. The van der Waals surface area contributed by atoms with Crippen molar-refractivity contribution in [2.24, 2.45) is 0 Å². The molecule has 0 saturated carbocycles. The first kappa shape index (κ1) is 15.1. The summed E-state index contributed by atoms with van der Waals surface area (Å²) in [5, 5.41) is 1.45. The Morgan fingerprint density at radius 1 is 1.38 bits per heavy atom. The topological polar surface area (TPSA) is 63.2 Å². The van der Waals surface area contributed by atoms with Crippen LogP contribution < -0.4 is 5.32 Å². The summed E-state index contributed by atoms with van der Waals surface area (Å²) < 4.78 is 69.7. The molecule has 0 radical (unpaired) electrons. The second kappa shape index (κ2) is 5.46. The van der Waals surface area contributed by atoms with Crippen molar-refractivity contribution in [3.8, 4) is 0 Å². The lowest BCUT2D eigenvalue weighted by atomic mass is 10.3. The van der Waals surface area contributed by atoms with Gasteiger partial charge in [0.15, 0.2) is 9.84 Å². The van der Waals surface area contributed by atoms with E-state index in [1.165, 1.54) is 12.2 Å². The molecule has 0 aliphatic rings. The van der Waals surface area contributed by atoms with Gasteiger partial charge >= 0.3 is 12.3 Å². The van der Waals surface area contributed by atoms with Crippen molar-refractivity contribution in [1.82, 2.24) is 5.32 Å². The minimum Gasteiger partial charge on any atom is -0.350 e. The average Bonchev–Trinajstić information content (AvgIpc) is 2.17. The summed E-state index contributed by atoms with van der Waals surface area (Å²) in [7, 11) is -3.43. The second-order valence-electron chi connectivity index (χ2n) is 2.92. The lowest BCUT2D eigenvalue weighted by Gasteiger charge is -2.14. The van der Waals surface area contributed by atoms with E-state index in [1.807, 2.05) is 0 Å². The highest BCUT2D eigenvalue weighted by Crippen LogP contribution is 2.22. The number of hydrogen-bond donors (Lipinski definition) is 1. The van der Waals surface area contributed by atoms with Crippen LogP contribution in [0.5, 0.6) is 0 Å². The summed E-state index contributed by atoms with van der Waals surface area (Å²) in [6, 6.07) is 0. The quantitative estimate of drug-likeness (QED) is 0.709. The summed E-state index contributed by atoms with van der Waals surface area (Å²) >= 11 is 0. The van der Waals surface area contributed by atoms with Crippen LogP contribution in [0.1, 0.15) is 6.92 Å². The molecule has 0 atom stereocenters. The smallest absolute Gasteiger partial charge is 0.350 e. The molecule has 0 aromatic rings. The fourth-order valence-electron chi connectivity index (χ4n) is 0.681. The molecular formula is C7H11F4NO3S. The van der Waals surface area contributed by atoms with Crippen molar-refractivity contribution < 1.29 is 30.8 Å². The van der Waals surface area contributed by atoms with Gasteiger partial charge in [-0.3, -0.25) is 4.79 Å². The minimum atomic E-state index is -4.80. The molecule has 96 valence electrons. The van der Waals surface area contributed by atoms with Crippen LogP contribution in [0.25, 0.3) is 0 Å². The van der Waals surface area contributed by atoms with Crippen molar-refractivity contribution in [3.05, 3.63) is 0 Å². The van der Waals surface area contributed by atoms with Crippen molar-refractivity contribution in [1.29, 1.82) is 0 Å². The molecule has 4 nitrogen and oxygen atoms in total. The van der Waals surface area contributed by atoms with Crippen LogP contribution in [0.2, 0.25) is 0 Å². The molecule has 0 aromatic carbocycles. The van der Waals surface area contributed by atoms with Crippen LogP contribution in [-0.2, 0) is 14.6 Å². The number of nitrogens with one attached hydrogen (secondary N) is 1. The highest BCUT2D eigenvalue weighted by atomic mass is 32.2. The number of alkyl halides is 4. The lowest BCUT2D eigenvalue weighted by Crippen LogP contribution is -2.46. The highest BCUT2D eigenvalue weighted by molar-refractivity contribution is 7.91. The second-order valence-corrected chi connectivity index (χ2v) is 5.39. The minimum absolute atomic E-state index is 0.214. The number of carbonyl (C=O) groups excluding carboxylic acids is 1. The largest absolute Gasteiger partial charge is 0.383 e. The first-order valence-electron chi connectivity index (χ1n) is 4.28. The maximum atomic E-state index is 12.3. The Kier molecular flexibility index (Phi) is 5.17. The molecule has 0 aliphatic heterocycles. The molecule has 0 bridgehead atoms. The normalized spacial score (nSPS) is 12.9. The first-order chi connectivity index (χ1) is 7.13. The summed E-state index contributed by atoms with van der Waals surface area (Å²) in [6.45, 7) is 0.724. The monoisotopic (exact) mass is 265 g/mol. The number of amides is 1. The molecule has 0 aliphatic carbocycles.